The van der Waals surface area contributed by atoms with Gasteiger partial charge in [-0.1, -0.05) is 18.2 Å². The molecule has 7 heteroatoms. The van der Waals surface area contributed by atoms with Crippen molar-refractivity contribution in [2.24, 2.45) is 4.99 Å². The quantitative estimate of drug-likeness (QED) is 0.275. The molecule has 0 amide bonds. The maximum Gasteiger partial charge on any atom is 0.191 e. The van der Waals surface area contributed by atoms with Crippen LogP contribution in [0.1, 0.15) is 55.3 Å². The summed E-state index contributed by atoms with van der Waals surface area (Å²) in [6.07, 6.45) is 10.8. The van der Waals surface area contributed by atoms with Gasteiger partial charge in [-0.15, -0.1) is 34.2 Å². The van der Waals surface area contributed by atoms with Crippen LogP contribution in [0.4, 0.5) is 0 Å². The van der Waals surface area contributed by atoms with Crippen LogP contribution in [0, 0.1) is 0 Å². The van der Waals surface area contributed by atoms with E-state index in [0.717, 1.165) is 31.9 Å². The SMILES string of the molecule is CN=C(NCCCCn1cnnc1)NC(C)c1ccc2c(c1)CCCC2.I. The molecule has 0 radical (unpaired) electrons. The molecule has 0 spiro atoms. The molecule has 6 nitrogen and oxygen atoms in total. The molecule has 2 aromatic rings. The van der Waals surface area contributed by atoms with Crippen molar-refractivity contribution in [1.82, 2.24) is 25.4 Å². The van der Waals surface area contributed by atoms with Crippen molar-refractivity contribution >= 4 is 29.9 Å². The van der Waals surface area contributed by atoms with Gasteiger partial charge in [0.15, 0.2) is 5.96 Å². The molecule has 0 bridgehead atoms. The fourth-order valence-electron chi connectivity index (χ4n) is 3.47. The number of nitrogens with zero attached hydrogens (tertiary/aromatic N) is 4. The fraction of sp³-hybridized carbons (Fsp3) is 0.550. The lowest BCUT2D eigenvalue weighted by atomic mass is 9.89. The normalized spacial score (nSPS) is 14.8. The smallest absolute Gasteiger partial charge is 0.191 e. The van der Waals surface area contributed by atoms with Gasteiger partial charge >= 0.3 is 0 Å². The molecule has 3 rings (SSSR count). The summed E-state index contributed by atoms with van der Waals surface area (Å²) in [4.78, 5) is 4.36. The highest BCUT2D eigenvalue weighted by atomic mass is 127. The molecule has 27 heavy (non-hydrogen) atoms. The summed E-state index contributed by atoms with van der Waals surface area (Å²) in [6.45, 7) is 4.05. The first-order valence-electron chi connectivity index (χ1n) is 9.67. The third kappa shape index (κ3) is 6.48. The van der Waals surface area contributed by atoms with Crippen LogP contribution in [0.2, 0.25) is 0 Å². The van der Waals surface area contributed by atoms with Crippen molar-refractivity contribution in [2.75, 3.05) is 13.6 Å². The summed E-state index contributed by atoms with van der Waals surface area (Å²) < 4.78 is 2.01. The summed E-state index contributed by atoms with van der Waals surface area (Å²) in [6, 6.07) is 7.18. The van der Waals surface area contributed by atoms with Gasteiger partial charge < -0.3 is 15.2 Å². The predicted octanol–water partition coefficient (Wildman–Crippen LogP) is 3.48. The summed E-state index contributed by atoms with van der Waals surface area (Å²) in [5, 5.41) is 14.6. The molecule has 1 aliphatic carbocycles. The highest BCUT2D eigenvalue weighted by Crippen LogP contribution is 2.24. The van der Waals surface area contributed by atoms with Crippen molar-refractivity contribution in [1.29, 1.82) is 0 Å². The zero-order chi connectivity index (χ0) is 18.2. The first kappa shape index (κ1) is 21.7. The molecule has 1 heterocycles. The van der Waals surface area contributed by atoms with Crippen molar-refractivity contribution in [3.63, 3.8) is 0 Å². The molecule has 0 saturated carbocycles. The molecule has 1 aliphatic rings. The second kappa shape index (κ2) is 11.3. The van der Waals surface area contributed by atoms with E-state index in [4.69, 9.17) is 0 Å². The topological polar surface area (TPSA) is 67.1 Å². The van der Waals surface area contributed by atoms with Gasteiger partial charge in [-0.05, 0) is 62.1 Å². The largest absolute Gasteiger partial charge is 0.356 e. The standard InChI is InChI=1S/C20H30N6.HI/c1-16(18-10-9-17-7-3-4-8-19(17)13-18)25-20(21-2)22-11-5-6-12-26-14-23-24-15-26;/h9-10,13-16H,3-8,11-12H2,1-2H3,(H2,21,22,25);1H. The van der Waals surface area contributed by atoms with E-state index in [1.54, 1.807) is 12.7 Å². The molecule has 1 atom stereocenters. The Labute approximate surface area is 179 Å². The highest BCUT2D eigenvalue weighted by molar-refractivity contribution is 14.0. The Hall–Kier alpha value is -1.64. The lowest BCUT2D eigenvalue weighted by molar-refractivity contribution is 0.593. The second-order valence-corrected chi connectivity index (χ2v) is 7.01. The molecular formula is C20H31IN6. The first-order valence-corrected chi connectivity index (χ1v) is 9.67. The van der Waals surface area contributed by atoms with Crippen LogP contribution in [0.3, 0.4) is 0 Å². The number of aromatic nitrogens is 3. The number of unbranched alkanes of at least 4 members (excludes halogenated alkanes) is 1. The molecule has 148 valence electrons. The predicted molar refractivity (Wildman–Crippen MR) is 121 cm³/mol. The van der Waals surface area contributed by atoms with Gasteiger partial charge in [0.05, 0.1) is 6.04 Å². The highest BCUT2D eigenvalue weighted by Gasteiger charge is 2.13. The van der Waals surface area contributed by atoms with E-state index < -0.39 is 0 Å². The Morgan fingerprint density at radius 2 is 1.89 bits per heavy atom. The van der Waals surface area contributed by atoms with E-state index in [2.05, 4.69) is 50.9 Å². The zero-order valence-electron chi connectivity index (χ0n) is 16.3. The summed E-state index contributed by atoms with van der Waals surface area (Å²) in [5.41, 5.74) is 4.39. The van der Waals surface area contributed by atoms with E-state index in [0.29, 0.717) is 0 Å². The number of rotatable bonds is 7. The minimum Gasteiger partial charge on any atom is -0.356 e. The van der Waals surface area contributed by atoms with Crippen molar-refractivity contribution in [3.05, 3.63) is 47.5 Å². The molecule has 0 saturated heterocycles. The maximum absolute atomic E-state index is 4.36. The van der Waals surface area contributed by atoms with Crippen LogP contribution >= 0.6 is 24.0 Å². The van der Waals surface area contributed by atoms with Crippen molar-refractivity contribution in [2.45, 2.75) is 58.0 Å². The third-order valence-electron chi connectivity index (χ3n) is 5.05. The van der Waals surface area contributed by atoms with Gasteiger partial charge in [-0.2, -0.15) is 0 Å². The minimum atomic E-state index is 0. The Balaban J connectivity index is 0.00000261. The van der Waals surface area contributed by atoms with E-state index in [1.807, 2.05) is 11.6 Å². The van der Waals surface area contributed by atoms with Gasteiger partial charge in [-0.3, -0.25) is 4.99 Å². The van der Waals surface area contributed by atoms with E-state index >= 15 is 0 Å². The number of aryl methyl sites for hydroxylation is 3. The maximum atomic E-state index is 4.36. The molecule has 1 aromatic heterocycles. The van der Waals surface area contributed by atoms with Crippen LogP contribution in [-0.2, 0) is 19.4 Å². The Morgan fingerprint density at radius 3 is 2.63 bits per heavy atom. The third-order valence-corrected chi connectivity index (χ3v) is 5.05. The monoisotopic (exact) mass is 482 g/mol. The van der Waals surface area contributed by atoms with Crippen molar-refractivity contribution in [3.8, 4) is 0 Å². The number of nitrogens with one attached hydrogen (secondary N) is 2. The fourth-order valence-corrected chi connectivity index (χ4v) is 3.47. The van der Waals surface area contributed by atoms with Gasteiger partial charge in [0.1, 0.15) is 12.7 Å². The molecule has 1 aromatic carbocycles. The number of benzene rings is 1. The van der Waals surface area contributed by atoms with E-state index in [1.165, 1.54) is 42.4 Å². The van der Waals surface area contributed by atoms with Crippen molar-refractivity contribution < 1.29 is 0 Å². The minimum absolute atomic E-state index is 0. The summed E-state index contributed by atoms with van der Waals surface area (Å²) in [7, 11) is 1.83. The number of hydrogen-bond donors (Lipinski definition) is 2. The summed E-state index contributed by atoms with van der Waals surface area (Å²) in [5.74, 6) is 0.861. The number of halogens is 1. The van der Waals surface area contributed by atoms with E-state index in [9.17, 15) is 0 Å². The summed E-state index contributed by atoms with van der Waals surface area (Å²) >= 11 is 0. The van der Waals surface area contributed by atoms with E-state index in [-0.39, 0.29) is 30.0 Å². The zero-order valence-corrected chi connectivity index (χ0v) is 18.6. The molecule has 2 N–H and O–H groups in total. The lowest BCUT2D eigenvalue weighted by Gasteiger charge is -2.21. The van der Waals surface area contributed by atoms with Crippen LogP contribution in [0.25, 0.3) is 0 Å². The molecule has 0 aliphatic heterocycles. The van der Waals surface area contributed by atoms with Crippen LogP contribution in [-0.4, -0.2) is 34.3 Å². The first-order chi connectivity index (χ1) is 12.8. The molecule has 1 unspecified atom stereocenters. The van der Waals surface area contributed by atoms with Crippen LogP contribution < -0.4 is 10.6 Å². The Bertz CT molecular complexity index is 713. The number of aliphatic imine (C=N–C) groups is 1. The Kier molecular flexibility index (Phi) is 9.03. The average molecular weight is 482 g/mol. The van der Waals surface area contributed by atoms with Crippen LogP contribution in [0.15, 0.2) is 35.8 Å². The number of fused-ring (bicyclic) bond motifs is 1. The molecular weight excluding hydrogens is 451 g/mol. The number of hydrogen-bond acceptors (Lipinski definition) is 3. The molecule has 0 fully saturated rings. The Morgan fingerprint density at radius 1 is 1.15 bits per heavy atom. The average Bonchev–Trinajstić information content (AvgIpc) is 3.19. The number of guanidine groups is 1. The van der Waals surface area contributed by atoms with Crippen LogP contribution in [0.5, 0.6) is 0 Å². The second-order valence-electron chi connectivity index (χ2n) is 7.01. The van der Waals surface area contributed by atoms with Gasteiger partial charge in [0.25, 0.3) is 0 Å². The van der Waals surface area contributed by atoms with Gasteiger partial charge in [-0.25, -0.2) is 0 Å². The lowest BCUT2D eigenvalue weighted by Crippen LogP contribution is -2.39. The van der Waals surface area contributed by atoms with Gasteiger partial charge in [0, 0.05) is 20.1 Å². The van der Waals surface area contributed by atoms with Gasteiger partial charge in [0.2, 0.25) is 0 Å².